The van der Waals surface area contributed by atoms with Gasteiger partial charge in [-0.25, -0.2) is 0 Å². The van der Waals surface area contributed by atoms with Gasteiger partial charge in [0.05, 0.1) is 24.9 Å². The van der Waals surface area contributed by atoms with Crippen LogP contribution in [0, 0.1) is 6.92 Å². The molecule has 2 heterocycles. The third-order valence-corrected chi connectivity index (χ3v) is 3.59. The van der Waals surface area contributed by atoms with Crippen molar-refractivity contribution in [1.29, 1.82) is 0 Å². The van der Waals surface area contributed by atoms with Gasteiger partial charge < -0.3 is 9.15 Å². The molecule has 0 saturated heterocycles. The van der Waals surface area contributed by atoms with Crippen LogP contribution in [0.25, 0.3) is 0 Å². The van der Waals surface area contributed by atoms with Gasteiger partial charge in [0.15, 0.2) is 0 Å². The Hall–Kier alpha value is -1.25. The molecular formula is C14H13ClO2. The molecule has 2 aromatic rings. The van der Waals surface area contributed by atoms with Crippen LogP contribution in [0.2, 0.25) is 0 Å². The van der Waals surface area contributed by atoms with E-state index in [1.165, 1.54) is 11.1 Å². The second-order valence-electron chi connectivity index (χ2n) is 4.37. The van der Waals surface area contributed by atoms with Gasteiger partial charge in [0.2, 0.25) is 0 Å². The molecule has 0 N–H and O–H groups in total. The predicted molar refractivity (Wildman–Crippen MR) is 66.1 cm³/mol. The predicted octanol–water partition coefficient (Wildman–Crippen LogP) is 3.95. The van der Waals surface area contributed by atoms with Crippen LogP contribution in [0.1, 0.15) is 33.4 Å². The van der Waals surface area contributed by atoms with Crippen molar-refractivity contribution < 1.29 is 9.15 Å². The van der Waals surface area contributed by atoms with Crippen LogP contribution >= 0.6 is 11.6 Å². The molecule has 0 spiro atoms. The molecule has 0 radical (unpaired) electrons. The summed E-state index contributed by atoms with van der Waals surface area (Å²) in [6, 6.07) is 8.26. The fourth-order valence-electron chi connectivity index (χ4n) is 2.14. The standard InChI is InChI=1S/C14H13ClO2/c1-9-4-13(8-17-9)14(15)10-2-3-11-6-16-7-12(11)5-10/h2-5,8,14H,6-7H2,1H3. The van der Waals surface area contributed by atoms with E-state index in [0.29, 0.717) is 13.2 Å². The van der Waals surface area contributed by atoms with Crippen LogP contribution in [0.3, 0.4) is 0 Å². The average Bonchev–Trinajstić information content (AvgIpc) is 2.95. The van der Waals surface area contributed by atoms with Crippen molar-refractivity contribution in [1.82, 2.24) is 0 Å². The summed E-state index contributed by atoms with van der Waals surface area (Å²) in [6.07, 6.45) is 1.72. The number of rotatable bonds is 2. The van der Waals surface area contributed by atoms with Gasteiger partial charge in [-0.1, -0.05) is 18.2 Å². The zero-order chi connectivity index (χ0) is 11.8. The van der Waals surface area contributed by atoms with Gasteiger partial charge in [0.25, 0.3) is 0 Å². The van der Waals surface area contributed by atoms with Crippen LogP contribution in [0.15, 0.2) is 34.9 Å². The number of hydrogen-bond acceptors (Lipinski definition) is 2. The number of benzene rings is 1. The maximum atomic E-state index is 6.45. The quantitative estimate of drug-likeness (QED) is 0.751. The highest BCUT2D eigenvalue weighted by atomic mass is 35.5. The van der Waals surface area contributed by atoms with E-state index in [1.807, 2.05) is 13.0 Å². The van der Waals surface area contributed by atoms with Crippen molar-refractivity contribution >= 4 is 11.6 Å². The Labute approximate surface area is 105 Å². The third-order valence-electron chi connectivity index (χ3n) is 3.08. The molecule has 2 nitrogen and oxygen atoms in total. The molecule has 0 bridgehead atoms. The molecule has 1 aliphatic rings. The molecular weight excluding hydrogens is 236 g/mol. The minimum absolute atomic E-state index is 0.154. The molecule has 1 aromatic heterocycles. The van der Waals surface area contributed by atoms with Crippen LogP contribution in [-0.4, -0.2) is 0 Å². The maximum absolute atomic E-state index is 6.45. The van der Waals surface area contributed by atoms with Crippen LogP contribution in [-0.2, 0) is 18.0 Å². The summed E-state index contributed by atoms with van der Waals surface area (Å²) in [5.74, 6) is 0.884. The van der Waals surface area contributed by atoms with Gasteiger partial charge >= 0.3 is 0 Å². The first-order valence-electron chi connectivity index (χ1n) is 5.62. The highest BCUT2D eigenvalue weighted by Gasteiger charge is 2.17. The van der Waals surface area contributed by atoms with Gasteiger partial charge in [-0.3, -0.25) is 0 Å². The summed E-state index contributed by atoms with van der Waals surface area (Å²) in [5.41, 5.74) is 4.61. The zero-order valence-electron chi connectivity index (χ0n) is 9.57. The molecule has 0 saturated carbocycles. The van der Waals surface area contributed by atoms with E-state index >= 15 is 0 Å². The number of ether oxygens (including phenoxy) is 1. The lowest BCUT2D eigenvalue weighted by atomic mass is 10.0. The number of halogens is 1. The fourth-order valence-corrected chi connectivity index (χ4v) is 2.39. The van der Waals surface area contributed by atoms with Crippen LogP contribution < -0.4 is 0 Å². The molecule has 1 aromatic carbocycles. The summed E-state index contributed by atoms with van der Waals surface area (Å²) in [5, 5.41) is -0.154. The number of aryl methyl sites for hydroxylation is 1. The van der Waals surface area contributed by atoms with Crippen molar-refractivity contribution in [2.75, 3.05) is 0 Å². The Balaban J connectivity index is 1.94. The van der Waals surface area contributed by atoms with Crippen LogP contribution in [0.5, 0.6) is 0 Å². The number of hydrogen-bond donors (Lipinski definition) is 0. The van der Waals surface area contributed by atoms with Crippen molar-refractivity contribution in [3.63, 3.8) is 0 Å². The Bertz CT molecular complexity index is 545. The molecule has 1 unspecified atom stereocenters. The van der Waals surface area contributed by atoms with Gasteiger partial charge in [0.1, 0.15) is 5.76 Å². The highest BCUT2D eigenvalue weighted by molar-refractivity contribution is 6.22. The summed E-state index contributed by atoms with van der Waals surface area (Å²) in [7, 11) is 0. The third kappa shape index (κ3) is 1.99. The summed E-state index contributed by atoms with van der Waals surface area (Å²) >= 11 is 6.45. The highest BCUT2D eigenvalue weighted by Crippen LogP contribution is 2.32. The topological polar surface area (TPSA) is 22.4 Å². The Morgan fingerprint density at radius 3 is 2.71 bits per heavy atom. The monoisotopic (exact) mass is 248 g/mol. The van der Waals surface area contributed by atoms with E-state index in [-0.39, 0.29) is 5.38 Å². The smallest absolute Gasteiger partial charge is 0.101 e. The van der Waals surface area contributed by atoms with Crippen molar-refractivity contribution in [2.24, 2.45) is 0 Å². The van der Waals surface area contributed by atoms with E-state index < -0.39 is 0 Å². The molecule has 0 amide bonds. The van der Waals surface area contributed by atoms with Gasteiger partial charge in [-0.2, -0.15) is 0 Å². The summed E-state index contributed by atoms with van der Waals surface area (Å²) in [6.45, 7) is 3.33. The summed E-state index contributed by atoms with van der Waals surface area (Å²) in [4.78, 5) is 0. The van der Waals surface area contributed by atoms with Gasteiger partial charge in [-0.05, 0) is 29.7 Å². The normalized spacial score (nSPS) is 15.9. The number of alkyl halides is 1. The van der Waals surface area contributed by atoms with E-state index in [0.717, 1.165) is 16.9 Å². The lowest BCUT2D eigenvalue weighted by molar-refractivity contribution is 0.134. The Morgan fingerprint density at radius 2 is 1.94 bits per heavy atom. The van der Waals surface area contributed by atoms with Gasteiger partial charge in [-0.15, -0.1) is 11.6 Å². The second kappa shape index (κ2) is 4.21. The van der Waals surface area contributed by atoms with Crippen molar-refractivity contribution in [3.05, 3.63) is 58.5 Å². The Morgan fingerprint density at radius 1 is 1.12 bits per heavy atom. The maximum Gasteiger partial charge on any atom is 0.101 e. The molecule has 0 aliphatic carbocycles. The summed E-state index contributed by atoms with van der Waals surface area (Å²) < 4.78 is 10.7. The van der Waals surface area contributed by atoms with E-state index in [9.17, 15) is 0 Å². The number of fused-ring (bicyclic) bond motifs is 1. The second-order valence-corrected chi connectivity index (χ2v) is 4.81. The molecule has 17 heavy (non-hydrogen) atoms. The largest absolute Gasteiger partial charge is 0.469 e. The molecule has 1 atom stereocenters. The minimum Gasteiger partial charge on any atom is -0.469 e. The minimum atomic E-state index is -0.154. The first kappa shape index (κ1) is 10.9. The van der Waals surface area contributed by atoms with Crippen molar-refractivity contribution in [3.8, 4) is 0 Å². The van der Waals surface area contributed by atoms with E-state index in [1.54, 1.807) is 6.26 Å². The molecule has 88 valence electrons. The Kier molecular flexibility index (Phi) is 2.69. The first-order chi connectivity index (χ1) is 8.24. The van der Waals surface area contributed by atoms with E-state index in [4.69, 9.17) is 20.8 Å². The average molecular weight is 249 g/mol. The van der Waals surface area contributed by atoms with Crippen molar-refractivity contribution in [2.45, 2.75) is 25.5 Å². The first-order valence-corrected chi connectivity index (χ1v) is 6.06. The molecule has 3 rings (SSSR count). The zero-order valence-corrected chi connectivity index (χ0v) is 10.3. The van der Waals surface area contributed by atoms with E-state index in [2.05, 4.69) is 18.2 Å². The molecule has 0 fully saturated rings. The SMILES string of the molecule is Cc1cc(C(Cl)c2ccc3c(c2)COC3)co1. The van der Waals surface area contributed by atoms with Crippen LogP contribution in [0.4, 0.5) is 0 Å². The molecule has 1 aliphatic heterocycles. The molecule has 3 heteroatoms. The van der Waals surface area contributed by atoms with Gasteiger partial charge in [0, 0.05) is 5.56 Å². The lowest BCUT2D eigenvalue weighted by Crippen LogP contribution is -1.93. The lowest BCUT2D eigenvalue weighted by Gasteiger charge is -2.08. The fraction of sp³-hybridized carbons (Fsp3) is 0.286. The number of furan rings is 1.